The summed E-state index contributed by atoms with van der Waals surface area (Å²) >= 11 is 0. The number of rotatable bonds is 22. The Balaban J connectivity index is 0.828. The van der Waals surface area contributed by atoms with Crippen molar-refractivity contribution in [2.24, 2.45) is 0 Å². The highest BCUT2D eigenvalue weighted by Crippen LogP contribution is 2.27. The van der Waals surface area contributed by atoms with Gasteiger partial charge in [-0.3, -0.25) is 0 Å². The molecule has 0 aliphatic carbocycles. The van der Waals surface area contributed by atoms with E-state index in [2.05, 4.69) is 55.5 Å². The van der Waals surface area contributed by atoms with Gasteiger partial charge in [0, 0.05) is 0 Å². The van der Waals surface area contributed by atoms with Crippen molar-refractivity contribution in [2.75, 3.05) is 59.5 Å². The van der Waals surface area contributed by atoms with Gasteiger partial charge in [0.15, 0.2) is 0 Å². The lowest BCUT2D eigenvalue weighted by Crippen LogP contribution is -2.12. The molecule has 3 atom stereocenters. The van der Waals surface area contributed by atoms with Crippen LogP contribution < -0.4 is 18.9 Å². The number of benzene rings is 4. The summed E-state index contributed by atoms with van der Waals surface area (Å²) in [5.41, 5.74) is 4.55. The molecule has 8 heteroatoms. The molecule has 0 aromatic heterocycles. The number of hydrogen-bond donors (Lipinski definition) is 0. The molecule has 4 aromatic carbocycles. The van der Waals surface area contributed by atoms with Crippen molar-refractivity contribution >= 4 is 0 Å². The minimum absolute atomic E-state index is 0.125. The zero-order valence-electron chi connectivity index (χ0n) is 27.7. The van der Waals surface area contributed by atoms with Gasteiger partial charge in [-0.1, -0.05) is 48.5 Å². The van der Waals surface area contributed by atoms with Crippen LogP contribution in [0.25, 0.3) is 22.3 Å². The summed E-state index contributed by atoms with van der Waals surface area (Å²) in [5.74, 6) is 3.44. The standard InChI is InChI=1S/C40H46O8/c1-30(48-38-19-11-34(12-20-38)33-9-17-37(18-10-33)45-25-23-42-27-40-29-47-40)4-2-3-21-43-35-13-5-31(6-14-35)32-7-15-36(16-8-32)44-24-22-41-26-39-28-46-39/h5-20,30,39-40H,2-4,21-29H2,1H3. The first-order valence-electron chi connectivity index (χ1n) is 17.0. The van der Waals surface area contributed by atoms with E-state index >= 15 is 0 Å². The Labute approximate surface area is 283 Å². The smallest absolute Gasteiger partial charge is 0.119 e. The molecule has 2 fully saturated rings. The third-order valence-corrected chi connectivity index (χ3v) is 8.10. The van der Waals surface area contributed by atoms with E-state index in [1.165, 1.54) is 0 Å². The monoisotopic (exact) mass is 654 g/mol. The van der Waals surface area contributed by atoms with Gasteiger partial charge in [-0.25, -0.2) is 0 Å². The zero-order chi connectivity index (χ0) is 32.8. The van der Waals surface area contributed by atoms with Crippen LogP contribution in [-0.4, -0.2) is 77.8 Å². The lowest BCUT2D eigenvalue weighted by molar-refractivity contribution is 0.0878. The Kier molecular flexibility index (Phi) is 12.6. The average Bonchev–Trinajstić information content (AvgIpc) is 4.06. The SMILES string of the molecule is CC(CCCCOc1ccc(-c2ccc(OCCOCC3CO3)cc2)cc1)Oc1ccc(-c2ccc(OCCOCC3CO3)cc2)cc1. The molecule has 2 aliphatic heterocycles. The first kappa shape index (κ1) is 33.8. The Morgan fingerprint density at radius 2 is 0.875 bits per heavy atom. The predicted octanol–water partition coefficient (Wildman–Crippen LogP) is 7.63. The second-order valence-electron chi connectivity index (χ2n) is 12.1. The molecule has 6 rings (SSSR count). The quantitative estimate of drug-likeness (QED) is 0.0633. The lowest BCUT2D eigenvalue weighted by atomic mass is 10.1. The molecule has 48 heavy (non-hydrogen) atoms. The maximum absolute atomic E-state index is 6.18. The van der Waals surface area contributed by atoms with Gasteiger partial charge in [-0.2, -0.15) is 0 Å². The lowest BCUT2D eigenvalue weighted by Gasteiger charge is -2.15. The first-order valence-corrected chi connectivity index (χ1v) is 17.0. The van der Waals surface area contributed by atoms with Gasteiger partial charge in [0.25, 0.3) is 0 Å². The van der Waals surface area contributed by atoms with E-state index < -0.39 is 0 Å². The van der Waals surface area contributed by atoms with E-state index in [0.29, 0.717) is 46.2 Å². The van der Waals surface area contributed by atoms with Crippen molar-refractivity contribution < 1.29 is 37.9 Å². The Bertz CT molecular complexity index is 1480. The van der Waals surface area contributed by atoms with E-state index in [4.69, 9.17) is 37.9 Å². The number of epoxide rings is 2. The van der Waals surface area contributed by atoms with E-state index in [1.807, 2.05) is 48.5 Å². The van der Waals surface area contributed by atoms with Gasteiger partial charge in [-0.15, -0.1) is 0 Å². The van der Waals surface area contributed by atoms with Crippen LogP contribution in [0.5, 0.6) is 23.0 Å². The highest BCUT2D eigenvalue weighted by molar-refractivity contribution is 5.65. The van der Waals surface area contributed by atoms with Gasteiger partial charge in [0.2, 0.25) is 0 Å². The number of unbranched alkanes of at least 4 members (excludes halogenated alkanes) is 1. The van der Waals surface area contributed by atoms with E-state index in [-0.39, 0.29) is 18.3 Å². The van der Waals surface area contributed by atoms with E-state index in [9.17, 15) is 0 Å². The van der Waals surface area contributed by atoms with Crippen molar-refractivity contribution in [3.63, 3.8) is 0 Å². The van der Waals surface area contributed by atoms with Gasteiger partial charge < -0.3 is 37.9 Å². The minimum atomic E-state index is 0.125. The molecule has 2 heterocycles. The van der Waals surface area contributed by atoms with Crippen LogP contribution in [0.4, 0.5) is 0 Å². The van der Waals surface area contributed by atoms with E-state index in [0.717, 1.165) is 77.7 Å². The third-order valence-electron chi connectivity index (χ3n) is 8.10. The molecule has 8 nitrogen and oxygen atoms in total. The fourth-order valence-corrected chi connectivity index (χ4v) is 5.17. The molecule has 0 saturated carbocycles. The fraction of sp³-hybridized carbons (Fsp3) is 0.400. The summed E-state index contributed by atoms with van der Waals surface area (Å²) in [5, 5.41) is 0. The Morgan fingerprint density at radius 3 is 1.27 bits per heavy atom. The van der Waals surface area contributed by atoms with Crippen molar-refractivity contribution in [3.05, 3.63) is 97.1 Å². The molecule has 0 spiro atoms. The zero-order valence-corrected chi connectivity index (χ0v) is 27.7. The second kappa shape index (κ2) is 17.9. The molecule has 3 unspecified atom stereocenters. The van der Waals surface area contributed by atoms with Crippen LogP contribution in [0.2, 0.25) is 0 Å². The molecule has 0 amide bonds. The topological polar surface area (TPSA) is 80.4 Å². The van der Waals surface area contributed by atoms with Gasteiger partial charge in [0.1, 0.15) is 48.4 Å². The van der Waals surface area contributed by atoms with Crippen LogP contribution in [0, 0.1) is 0 Å². The average molecular weight is 655 g/mol. The van der Waals surface area contributed by atoms with E-state index in [1.54, 1.807) is 0 Å². The van der Waals surface area contributed by atoms with Crippen LogP contribution in [0.3, 0.4) is 0 Å². The summed E-state index contributed by atoms with van der Waals surface area (Å²) < 4.78 is 45.0. The van der Waals surface area contributed by atoms with Crippen molar-refractivity contribution in [2.45, 2.75) is 44.5 Å². The van der Waals surface area contributed by atoms with Crippen LogP contribution in [0.15, 0.2) is 97.1 Å². The second-order valence-corrected chi connectivity index (χ2v) is 12.1. The highest BCUT2D eigenvalue weighted by atomic mass is 16.6. The van der Waals surface area contributed by atoms with Crippen LogP contribution in [0.1, 0.15) is 26.2 Å². The molecule has 0 bridgehead atoms. The Hall–Kier alpha value is -4.08. The maximum Gasteiger partial charge on any atom is 0.119 e. The summed E-state index contributed by atoms with van der Waals surface area (Å²) in [7, 11) is 0. The van der Waals surface area contributed by atoms with Crippen molar-refractivity contribution in [3.8, 4) is 45.3 Å². The summed E-state index contributed by atoms with van der Waals surface area (Å²) in [6.45, 7) is 7.90. The molecule has 4 aromatic rings. The summed E-state index contributed by atoms with van der Waals surface area (Å²) in [6, 6.07) is 32.8. The maximum atomic E-state index is 6.18. The third kappa shape index (κ3) is 11.6. The van der Waals surface area contributed by atoms with Crippen molar-refractivity contribution in [1.29, 1.82) is 0 Å². The van der Waals surface area contributed by atoms with Gasteiger partial charge in [-0.05, 0) is 97.0 Å². The predicted molar refractivity (Wildman–Crippen MR) is 185 cm³/mol. The molecular weight excluding hydrogens is 608 g/mol. The van der Waals surface area contributed by atoms with Crippen molar-refractivity contribution in [1.82, 2.24) is 0 Å². The normalized spacial score (nSPS) is 17.0. The molecule has 0 radical (unpaired) electrons. The number of hydrogen-bond acceptors (Lipinski definition) is 8. The molecule has 0 N–H and O–H groups in total. The van der Waals surface area contributed by atoms with Crippen LogP contribution >= 0.6 is 0 Å². The first-order chi connectivity index (χ1) is 23.7. The molecular formula is C40H46O8. The van der Waals surface area contributed by atoms with Gasteiger partial charge >= 0.3 is 0 Å². The molecule has 254 valence electrons. The minimum Gasteiger partial charge on any atom is -0.494 e. The summed E-state index contributed by atoms with van der Waals surface area (Å²) in [4.78, 5) is 0. The molecule has 2 saturated heterocycles. The fourth-order valence-electron chi connectivity index (χ4n) is 5.17. The molecule has 2 aliphatic rings. The Morgan fingerprint density at radius 1 is 0.500 bits per heavy atom. The van der Waals surface area contributed by atoms with Crippen LogP contribution in [-0.2, 0) is 18.9 Å². The largest absolute Gasteiger partial charge is 0.494 e. The highest BCUT2D eigenvalue weighted by Gasteiger charge is 2.22. The summed E-state index contributed by atoms with van der Waals surface area (Å²) in [6.07, 6.45) is 3.66. The van der Waals surface area contributed by atoms with Gasteiger partial charge in [0.05, 0.1) is 52.4 Å². The number of ether oxygens (including phenoxy) is 8.